The lowest BCUT2D eigenvalue weighted by Gasteiger charge is -2.34. The molecule has 0 unspecified atom stereocenters. The topological polar surface area (TPSA) is 73.4 Å². The van der Waals surface area contributed by atoms with Gasteiger partial charge in [-0.15, -0.1) is 6.58 Å². The quantitative estimate of drug-likeness (QED) is 0.397. The Hall–Kier alpha value is -3.07. The van der Waals surface area contributed by atoms with Crippen LogP contribution in [-0.4, -0.2) is 64.5 Å². The number of fused-ring (bicyclic) bond motifs is 1. The average molecular weight is 464 g/mol. The summed E-state index contributed by atoms with van der Waals surface area (Å²) in [6.45, 7) is 10.4. The maximum atomic E-state index is 12.7. The number of aromatic nitrogens is 2. The van der Waals surface area contributed by atoms with Crippen LogP contribution < -0.4 is 10.9 Å². The second kappa shape index (κ2) is 10.7. The normalized spacial score (nSPS) is 14.9. The zero-order chi connectivity index (χ0) is 23.2. The van der Waals surface area contributed by atoms with E-state index in [0.717, 1.165) is 39.3 Å². The second-order valence-corrected chi connectivity index (χ2v) is 8.64. The molecule has 1 amide bonds. The molecule has 1 aromatic heterocycles. The van der Waals surface area contributed by atoms with Crippen molar-refractivity contribution in [3.8, 4) is 0 Å². The molecule has 2 aromatic carbocycles. The van der Waals surface area contributed by atoms with Crippen LogP contribution in [0.25, 0.3) is 10.9 Å². The van der Waals surface area contributed by atoms with Gasteiger partial charge in [-0.05, 0) is 36.0 Å². The summed E-state index contributed by atoms with van der Waals surface area (Å²) in [5.41, 5.74) is 2.22. The largest absolute Gasteiger partial charge is 0.351 e. The lowest BCUT2D eigenvalue weighted by atomic mass is 10.1. The van der Waals surface area contributed by atoms with Gasteiger partial charge in [-0.3, -0.25) is 24.0 Å². The number of aromatic amines is 1. The van der Waals surface area contributed by atoms with Gasteiger partial charge >= 0.3 is 0 Å². The van der Waals surface area contributed by atoms with Gasteiger partial charge in [-0.25, -0.2) is 0 Å². The molecule has 2 heterocycles. The van der Waals surface area contributed by atoms with Gasteiger partial charge in [0.15, 0.2) is 4.77 Å². The van der Waals surface area contributed by atoms with Crippen LogP contribution in [0.4, 0.5) is 0 Å². The summed E-state index contributed by atoms with van der Waals surface area (Å²) < 4.78 is 1.76. The smallest absolute Gasteiger partial charge is 0.262 e. The van der Waals surface area contributed by atoms with Crippen molar-refractivity contribution < 1.29 is 4.79 Å². The van der Waals surface area contributed by atoms with Gasteiger partial charge in [-0.2, -0.15) is 0 Å². The Morgan fingerprint density at radius 1 is 1.09 bits per heavy atom. The molecule has 0 radical (unpaired) electrons. The first kappa shape index (κ1) is 23.1. The summed E-state index contributed by atoms with van der Waals surface area (Å²) in [4.78, 5) is 33.1. The Balaban J connectivity index is 1.28. The number of rotatable bonds is 8. The molecule has 0 aliphatic carbocycles. The Labute approximate surface area is 198 Å². The minimum absolute atomic E-state index is 0.158. The fourth-order valence-corrected chi connectivity index (χ4v) is 4.40. The van der Waals surface area contributed by atoms with Gasteiger partial charge in [0, 0.05) is 57.9 Å². The molecule has 2 N–H and O–H groups in total. The first-order chi connectivity index (χ1) is 16.0. The second-order valence-electron chi connectivity index (χ2n) is 8.25. The summed E-state index contributed by atoms with van der Waals surface area (Å²) in [5, 5.41) is 3.49. The molecule has 172 valence electrons. The highest BCUT2D eigenvalue weighted by Gasteiger charge is 2.17. The summed E-state index contributed by atoms with van der Waals surface area (Å²) in [6.07, 6.45) is 1.63. The van der Waals surface area contributed by atoms with Crippen molar-refractivity contribution in [3.05, 3.63) is 87.4 Å². The van der Waals surface area contributed by atoms with Crippen LogP contribution in [0.5, 0.6) is 0 Å². The number of nitrogens with one attached hydrogen (secondary N) is 2. The highest BCUT2D eigenvalue weighted by Crippen LogP contribution is 2.11. The molecule has 1 fully saturated rings. The third kappa shape index (κ3) is 5.65. The van der Waals surface area contributed by atoms with Crippen LogP contribution in [0.1, 0.15) is 15.9 Å². The van der Waals surface area contributed by atoms with Crippen LogP contribution >= 0.6 is 12.2 Å². The van der Waals surface area contributed by atoms with E-state index in [1.165, 1.54) is 10.1 Å². The van der Waals surface area contributed by atoms with E-state index in [9.17, 15) is 9.59 Å². The predicted octanol–water partition coefficient (Wildman–Crippen LogP) is 2.79. The van der Waals surface area contributed by atoms with Crippen LogP contribution in [0.15, 0.2) is 66.0 Å². The average Bonchev–Trinajstić information content (AvgIpc) is 2.83. The molecule has 8 heteroatoms. The van der Waals surface area contributed by atoms with Crippen molar-refractivity contribution in [2.75, 3.05) is 39.3 Å². The zero-order valence-electron chi connectivity index (χ0n) is 18.6. The maximum absolute atomic E-state index is 12.7. The van der Waals surface area contributed by atoms with Gasteiger partial charge < -0.3 is 10.3 Å². The van der Waals surface area contributed by atoms with Gasteiger partial charge in [0.25, 0.3) is 11.5 Å². The number of amides is 1. The number of benzene rings is 2. The summed E-state index contributed by atoms with van der Waals surface area (Å²) in [6, 6.07) is 15.6. The van der Waals surface area contributed by atoms with E-state index in [1.807, 2.05) is 6.07 Å². The standard InChI is InChI=1S/C25H29N5O2S/c1-2-11-30-24(32)21-9-8-20(17-22(21)27-25(30)33)23(31)26-10-12-28-13-15-29(16-14-28)18-19-6-4-3-5-7-19/h2-9,17H,1,10-16,18H2,(H,26,31)(H,27,33). The molecular weight excluding hydrogens is 434 g/mol. The van der Waals surface area contributed by atoms with Crippen LogP contribution in [0.2, 0.25) is 0 Å². The molecule has 1 aliphatic rings. The number of hydrogen-bond acceptors (Lipinski definition) is 5. The van der Waals surface area contributed by atoms with Crippen molar-refractivity contribution in [2.24, 2.45) is 0 Å². The van der Waals surface area contributed by atoms with Crippen molar-refractivity contribution in [3.63, 3.8) is 0 Å². The van der Waals surface area contributed by atoms with E-state index in [4.69, 9.17) is 12.2 Å². The first-order valence-electron chi connectivity index (χ1n) is 11.2. The number of allylic oxidation sites excluding steroid dienone is 1. The van der Waals surface area contributed by atoms with Gasteiger partial charge in [0.2, 0.25) is 0 Å². The number of nitrogens with zero attached hydrogens (tertiary/aromatic N) is 3. The first-order valence-corrected chi connectivity index (χ1v) is 11.6. The lowest BCUT2D eigenvalue weighted by molar-refractivity contribution is 0.0934. The molecule has 1 saturated heterocycles. The maximum Gasteiger partial charge on any atom is 0.262 e. The minimum Gasteiger partial charge on any atom is -0.351 e. The Kier molecular flexibility index (Phi) is 7.49. The summed E-state index contributed by atoms with van der Waals surface area (Å²) in [5.74, 6) is -0.158. The fraction of sp³-hybridized carbons (Fsp3) is 0.320. The number of H-pyrrole nitrogens is 1. The SMILES string of the molecule is C=CCn1c(=S)[nH]c2cc(C(=O)NCCN3CCN(Cc4ccccc4)CC3)ccc2c1=O. The molecule has 7 nitrogen and oxygen atoms in total. The van der Waals surface area contributed by atoms with Gasteiger partial charge in [0.05, 0.1) is 10.9 Å². The van der Waals surface area contributed by atoms with Gasteiger partial charge in [0.1, 0.15) is 0 Å². The number of hydrogen-bond donors (Lipinski definition) is 2. The highest BCUT2D eigenvalue weighted by molar-refractivity contribution is 7.71. The molecular formula is C25H29N5O2S. The van der Waals surface area contributed by atoms with Crippen LogP contribution in [0.3, 0.4) is 0 Å². The molecule has 1 aliphatic heterocycles. The molecule has 0 spiro atoms. The number of carbonyl (C=O) groups excluding carboxylic acids is 1. The molecule has 3 aromatic rings. The third-order valence-electron chi connectivity index (χ3n) is 5.98. The lowest BCUT2D eigenvalue weighted by Crippen LogP contribution is -2.48. The van der Waals surface area contributed by atoms with E-state index < -0.39 is 0 Å². The monoisotopic (exact) mass is 463 g/mol. The minimum atomic E-state index is -0.188. The van der Waals surface area contributed by atoms with Crippen LogP contribution in [-0.2, 0) is 13.1 Å². The van der Waals surface area contributed by atoms with E-state index in [2.05, 4.69) is 50.9 Å². The third-order valence-corrected chi connectivity index (χ3v) is 6.31. The van der Waals surface area contributed by atoms with E-state index in [-0.39, 0.29) is 11.5 Å². The number of carbonyl (C=O) groups is 1. The Morgan fingerprint density at radius 2 is 1.82 bits per heavy atom. The van der Waals surface area contributed by atoms with Gasteiger partial charge in [-0.1, -0.05) is 36.4 Å². The molecule has 0 bridgehead atoms. The van der Waals surface area contributed by atoms with Crippen molar-refractivity contribution >= 4 is 29.0 Å². The predicted molar refractivity (Wildman–Crippen MR) is 134 cm³/mol. The van der Waals surface area contributed by atoms with Crippen LogP contribution in [0, 0.1) is 4.77 Å². The molecule has 0 atom stereocenters. The Morgan fingerprint density at radius 3 is 2.55 bits per heavy atom. The van der Waals surface area contributed by atoms with Crippen molar-refractivity contribution in [2.45, 2.75) is 13.1 Å². The number of piperazine rings is 1. The van der Waals surface area contributed by atoms with E-state index in [0.29, 0.717) is 34.3 Å². The Bertz CT molecular complexity index is 1240. The van der Waals surface area contributed by atoms with E-state index in [1.54, 1.807) is 24.3 Å². The van der Waals surface area contributed by atoms with Crippen molar-refractivity contribution in [1.82, 2.24) is 24.7 Å². The fourth-order valence-electron chi connectivity index (χ4n) is 4.13. The highest BCUT2D eigenvalue weighted by atomic mass is 32.1. The zero-order valence-corrected chi connectivity index (χ0v) is 19.4. The summed E-state index contributed by atoms with van der Waals surface area (Å²) >= 11 is 5.28. The van der Waals surface area contributed by atoms with E-state index >= 15 is 0 Å². The molecule has 4 rings (SSSR count). The molecule has 0 saturated carbocycles. The summed E-state index contributed by atoms with van der Waals surface area (Å²) in [7, 11) is 0. The molecule has 33 heavy (non-hydrogen) atoms. The van der Waals surface area contributed by atoms with Crippen molar-refractivity contribution in [1.29, 1.82) is 0 Å².